The maximum atomic E-state index is 5.74. The summed E-state index contributed by atoms with van der Waals surface area (Å²) in [6.45, 7) is 5.07. The first-order valence-corrected chi connectivity index (χ1v) is 5.22. The Morgan fingerprint density at radius 1 is 1.71 bits per heavy atom. The van der Waals surface area contributed by atoms with Crippen molar-refractivity contribution in [2.24, 2.45) is 5.92 Å². The van der Waals surface area contributed by atoms with E-state index in [1.165, 1.54) is 6.42 Å². The van der Waals surface area contributed by atoms with Gasteiger partial charge >= 0.3 is 0 Å². The zero-order valence-electron chi connectivity index (χ0n) is 8.53. The van der Waals surface area contributed by atoms with Gasteiger partial charge in [-0.3, -0.25) is 0 Å². The van der Waals surface area contributed by atoms with Crippen molar-refractivity contribution in [1.82, 2.24) is 5.32 Å². The monoisotopic (exact) mass is 195 g/mol. The van der Waals surface area contributed by atoms with Gasteiger partial charge in [0, 0.05) is 6.54 Å². The van der Waals surface area contributed by atoms with Gasteiger partial charge in [0.2, 0.25) is 0 Å². The highest BCUT2D eigenvalue weighted by atomic mass is 16.5. The van der Waals surface area contributed by atoms with E-state index in [1.54, 1.807) is 6.26 Å². The molecule has 1 fully saturated rings. The first-order valence-electron chi connectivity index (χ1n) is 5.22. The molecule has 0 bridgehead atoms. The zero-order chi connectivity index (χ0) is 9.80. The van der Waals surface area contributed by atoms with E-state index >= 15 is 0 Å². The van der Waals surface area contributed by atoms with Gasteiger partial charge in [-0.15, -0.1) is 0 Å². The van der Waals surface area contributed by atoms with Crippen LogP contribution in [0.5, 0.6) is 0 Å². The van der Waals surface area contributed by atoms with Crippen LogP contribution in [0.1, 0.15) is 25.2 Å². The quantitative estimate of drug-likeness (QED) is 0.797. The first kappa shape index (κ1) is 9.74. The second-order valence-electron chi connectivity index (χ2n) is 3.85. The van der Waals surface area contributed by atoms with Gasteiger partial charge in [0.1, 0.15) is 11.9 Å². The molecule has 0 radical (unpaired) electrons. The van der Waals surface area contributed by atoms with Crippen molar-refractivity contribution in [3.05, 3.63) is 24.2 Å². The predicted octanol–water partition coefficient (Wildman–Crippen LogP) is 1.97. The SMILES string of the molecule is C[C@H](OC[C@@H]1CCNC1)c1ccco1. The first-order chi connectivity index (χ1) is 6.86. The highest BCUT2D eigenvalue weighted by molar-refractivity contribution is 5.00. The van der Waals surface area contributed by atoms with E-state index < -0.39 is 0 Å². The number of furan rings is 1. The molecule has 0 unspecified atom stereocenters. The van der Waals surface area contributed by atoms with Gasteiger partial charge in [-0.2, -0.15) is 0 Å². The minimum Gasteiger partial charge on any atom is -0.467 e. The molecule has 3 heteroatoms. The van der Waals surface area contributed by atoms with Gasteiger partial charge in [0.25, 0.3) is 0 Å². The summed E-state index contributed by atoms with van der Waals surface area (Å²) in [5.41, 5.74) is 0. The number of nitrogens with one attached hydrogen (secondary N) is 1. The summed E-state index contributed by atoms with van der Waals surface area (Å²) in [7, 11) is 0. The summed E-state index contributed by atoms with van der Waals surface area (Å²) in [5.74, 6) is 1.59. The number of ether oxygens (including phenoxy) is 1. The summed E-state index contributed by atoms with van der Waals surface area (Å²) in [5, 5.41) is 3.33. The third-order valence-electron chi connectivity index (χ3n) is 2.69. The lowest BCUT2D eigenvalue weighted by Gasteiger charge is -2.13. The fourth-order valence-corrected chi connectivity index (χ4v) is 1.74. The molecule has 0 amide bonds. The van der Waals surface area contributed by atoms with E-state index in [0.717, 1.165) is 25.5 Å². The molecule has 14 heavy (non-hydrogen) atoms. The van der Waals surface area contributed by atoms with Crippen LogP contribution in [0.3, 0.4) is 0 Å². The van der Waals surface area contributed by atoms with E-state index in [2.05, 4.69) is 5.32 Å². The molecule has 78 valence electrons. The van der Waals surface area contributed by atoms with E-state index in [4.69, 9.17) is 9.15 Å². The Hall–Kier alpha value is -0.800. The molecule has 0 aliphatic carbocycles. The van der Waals surface area contributed by atoms with Gasteiger partial charge in [0.15, 0.2) is 0 Å². The summed E-state index contributed by atoms with van der Waals surface area (Å²) < 4.78 is 11.0. The zero-order valence-corrected chi connectivity index (χ0v) is 8.53. The topological polar surface area (TPSA) is 34.4 Å². The minimum atomic E-state index is 0.0746. The predicted molar refractivity (Wildman–Crippen MR) is 54.1 cm³/mol. The molecule has 2 heterocycles. The molecule has 0 saturated carbocycles. The van der Waals surface area contributed by atoms with Crippen molar-refractivity contribution in [2.75, 3.05) is 19.7 Å². The van der Waals surface area contributed by atoms with E-state index in [0.29, 0.717) is 5.92 Å². The standard InChI is InChI=1S/C11H17NO2/c1-9(11-3-2-6-13-11)14-8-10-4-5-12-7-10/h2-3,6,9-10,12H,4-5,7-8H2,1H3/t9-,10+/m0/s1. The fraction of sp³-hybridized carbons (Fsp3) is 0.636. The lowest BCUT2D eigenvalue weighted by Crippen LogP contribution is -2.14. The molecule has 3 nitrogen and oxygen atoms in total. The number of rotatable bonds is 4. The van der Waals surface area contributed by atoms with Gasteiger partial charge in [0.05, 0.1) is 12.9 Å². The molecular formula is C11H17NO2. The molecule has 1 N–H and O–H groups in total. The highest BCUT2D eigenvalue weighted by Gasteiger charge is 2.17. The van der Waals surface area contributed by atoms with Gasteiger partial charge in [-0.25, -0.2) is 0 Å². The molecule has 1 saturated heterocycles. The van der Waals surface area contributed by atoms with E-state index in [-0.39, 0.29) is 6.10 Å². The molecule has 2 atom stereocenters. The van der Waals surface area contributed by atoms with Gasteiger partial charge < -0.3 is 14.5 Å². The summed E-state index contributed by atoms with van der Waals surface area (Å²) in [4.78, 5) is 0. The summed E-state index contributed by atoms with van der Waals surface area (Å²) in [6.07, 6.45) is 2.99. The Kier molecular flexibility index (Phi) is 3.22. The van der Waals surface area contributed by atoms with Crippen LogP contribution in [-0.2, 0) is 4.74 Å². The molecule has 1 aliphatic heterocycles. The fourth-order valence-electron chi connectivity index (χ4n) is 1.74. The normalized spacial score (nSPS) is 23.9. The van der Waals surface area contributed by atoms with Crippen LogP contribution in [0.2, 0.25) is 0 Å². The molecule has 2 rings (SSSR count). The maximum Gasteiger partial charge on any atom is 0.132 e. The second-order valence-corrected chi connectivity index (χ2v) is 3.85. The van der Waals surface area contributed by atoms with Crippen LogP contribution < -0.4 is 5.32 Å². The Morgan fingerprint density at radius 2 is 2.64 bits per heavy atom. The van der Waals surface area contributed by atoms with Crippen molar-refractivity contribution < 1.29 is 9.15 Å². The Labute approximate surface area is 84.4 Å². The van der Waals surface area contributed by atoms with E-state index in [1.807, 2.05) is 19.1 Å². The van der Waals surface area contributed by atoms with Crippen molar-refractivity contribution in [2.45, 2.75) is 19.4 Å². The molecule has 1 aliphatic rings. The second kappa shape index (κ2) is 4.62. The Morgan fingerprint density at radius 3 is 3.29 bits per heavy atom. The number of hydrogen-bond donors (Lipinski definition) is 1. The third kappa shape index (κ3) is 2.36. The summed E-state index contributed by atoms with van der Waals surface area (Å²) in [6, 6.07) is 3.85. The smallest absolute Gasteiger partial charge is 0.132 e. The molecule has 1 aromatic rings. The van der Waals surface area contributed by atoms with Gasteiger partial charge in [-0.05, 0) is 37.9 Å². The van der Waals surface area contributed by atoms with Gasteiger partial charge in [-0.1, -0.05) is 0 Å². The largest absolute Gasteiger partial charge is 0.467 e. The highest BCUT2D eigenvalue weighted by Crippen LogP contribution is 2.19. The van der Waals surface area contributed by atoms with Crippen molar-refractivity contribution in [1.29, 1.82) is 0 Å². The molecule has 0 aromatic carbocycles. The molecule has 1 aromatic heterocycles. The van der Waals surface area contributed by atoms with Crippen molar-refractivity contribution in [3.63, 3.8) is 0 Å². The average molecular weight is 195 g/mol. The Bertz CT molecular complexity index is 252. The Balaban J connectivity index is 1.74. The van der Waals surface area contributed by atoms with Crippen LogP contribution in [0.4, 0.5) is 0 Å². The third-order valence-corrected chi connectivity index (χ3v) is 2.69. The maximum absolute atomic E-state index is 5.74. The van der Waals surface area contributed by atoms with Crippen molar-refractivity contribution >= 4 is 0 Å². The van der Waals surface area contributed by atoms with Crippen LogP contribution in [-0.4, -0.2) is 19.7 Å². The van der Waals surface area contributed by atoms with Crippen molar-refractivity contribution in [3.8, 4) is 0 Å². The lowest BCUT2D eigenvalue weighted by atomic mass is 10.1. The minimum absolute atomic E-state index is 0.0746. The number of hydrogen-bond acceptors (Lipinski definition) is 3. The van der Waals surface area contributed by atoms with Crippen LogP contribution >= 0.6 is 0 Å². The molecule has 0 spiro atoms. The molecular weight excluding hydrogens is 178 g/mol. The lowest BCUT2D eigenvalue weighted by molar-refractivity contribution is 0.0306. The summed E-state index contributed by atoms with van der Waals surface area (Å²) >= 11 is 0. The van der Waals surface area contributed by atoms with E-state index in [9.17, 15) is 0 Å². The van der Waals surface area contributed by atoms with Crippen LogP contribution in [0.25, 0.3) is 0 Å². The average Bonchev–Trinajstić information content (AvgIpc) is 2.87. The van der Waals surface area contributed by atoms with Crippen LogP contribution in [0, 0.1) is 5.92 Å². The van der Waals surface area contributed by atoms with Crippen LogP contribution in [0.15, 0.2) is 22.8 Å².